The van der Waals surface area contributed by atoms with Crippen molar-refractivity contribution in [2.24, 2.45) is 0 Å². The van der Waals surface area contributed by atoms with E-state index in [2.05, 4.69) is 180 Å². The molecule has 0 aliphatic rings. The average molecular weight is 716 g/mol. The van der Waals surface area contributed by atoms with E-state index in [0.717, 1.165) is 88.8 Å². The summed E-state index contributed by atoms with van der Waals surface area (Å²) in [6.45, 7) is 0. The molecule has 4 nitrogen and oxygen atoms in total. The zero-order valence-corrected chi connectivity index (χ0v) is 30.3. The van der Waals surface area contributed by atoms with Gasteiger partial charge in [-0.25, -0.2) is 9.97 Å². The maximum absolute atomic E-state index is 6.56. The summed E-state index contributed by atoms with van der Waals surface area (Å²) in [7, 11) is 0. The van der Waals surface area contributed by atoms with E-state index in [4.69, 9.17) is 14.4 Å². The maximum Gasteiger partial charge on any atom is 0.160 e. The molecule has 3 heterocycles. The van der Waals surface area contributed by atoms with E-state index in [0.29, 0.717) is 5.82 Å². The van der Waals surface area contributed by atoms with Crippen LogP contribution < -0.4 is 0 Å². The zero-order chi connectivity index (χ0) is 37.0. The van der Waals surface area contributed by atoms with Crippen molar-refractivity contribution in [1.82, 2.24) is 14.5 Å². The maximum atomic E-state index is 6.56. The average Bonchev–Trinajstić information content (AvgIpc) is 3.82. The fourth-order valence-electron chi connectivity index (χ4n) is 8.13. The molecule has 0 radical (unpaired) electrons. The van der Waals surface area contributed by atoms with Crippen molar-refractivity contribution in [2.75, 3.05) is 0 Å². The van der Waals surface area contributed by atoms with Crippen molar-refractivity contribution in [1.29, 1.82) is 0 Å². The van der Waals surface area contributed by atoms with Crippen LogP contribution in [-0.4, -0.2) is 14.5 Å². The van der Waals surface area contributed by atoms with E-state index in [-0.39, 0.29) is 0 Å². The van der Waals surface area contributed by atoms with E-state index in [9.17, 15) is 0 Å². The molecule has 0 unspecified atom stereocenters. The SMILES string of the molecule is c1ccc(-c2cccc(-c3cc(-c4ccccc4)nc(-c4ccc5c6ccccc6n(-c6cc(-c7ccccc7)c7oc8ccccc8c7c6)c5c4)n3)c2)cc1. The fourth-order valence-corrected chi connectivity index (χ4v) is 8.13. The molecule has 0 saturated carbocycles. The van der Waals surface area contributed by atoms with Crippen LogP contribution in [0, 0.1) is 0 Å². The predicted octanol–water partition coefficient (Wildman–Crippen LogP) is 13.8. The molecule has 0 aliphatic carbocycles. The van der Waals surface area contributed by atoms with Crippen LogP contribution in [0.5, 0.6) is 0 Å². The van der Waals surface area contributed by atoms with Gasteiger partial charge in [0.15, 0.2) is 5.82 Å². The first-order valence-corrected chi connectivity index (χ1v) is 18.9. The molecule has 0 bridgehead atoms. The number of hydrogen-bond acceptors (Lipinski definition) is 3. The summed E-state index contributed by atoms with van der Waals surface area (Å²) < 4.78 is 8.95. The molecule has 0 N–H and O–H groups in total. The van der Waals surface area contributed by atoms with Gasteiger partial charge in [0.05, 0.1) is 22.4 Å². The summed E-state index contributed by atoms with van der Waals surface area (Å²) >= 11 is 0. The lowest BCUT2D eigenvalue weighted by atomic mass is 10.0. The summed E-state index contributed by atoms with van der Waals surface area (Å²) in [6.07, 6.45) is 0. The van der Waals surface area contributed by atoms with Crippen LogP contribution in [0.15, 0.2) is 205 Å². The molecular weight excluding hydrogens is 683 g/mol. The van der Waals surface area contributed by atoms with Gasteiger partial charge in [0, 0.05) is 49.5 Å². The summed E-state index contributed by atoms with van der Waals surface area (Å²) in [5.41, 5.74) is 14.3. The van der Waals surface area contributed by atoms with Crippen LogP contribution in [0.4, 0.5) is 0 Å². The Morgan fingerprint density at radius 1 is 0.357 bits per heavy atom. The predicted molar refractivity (Wildman–Crippen MR) is 231 cm³/mol. The van der Waals surface area contributed by atoms with Gasteiger partial charge in [-0.2, -0.15) is 0 Å². The molecule has 11 aromatic rings. The second kappa shape index (κ2) is 13.1. The van der Waals surface area contributed by atoms with Crippen molar-refractivity contribution in [3.63, 3.8) is 0 Å². The van der Waals surface area contributed by atoms with Crippen molar-refractivity contribution >= 4 is 43.7 Å². The molecule has 56 heavy (non-hydrogen) atoms. The molecule has 0 fully saturated rings. The number of rotatable bonds is 6. The van der Waals surface area contributed by atoms with Crippen LogP contribution in [0.3, 0.4) is 0 Å². The second-order valence-electron chi connectivity index (χ2n) is 14.2. The summed E-state index contributed by atoms with van der Waals surface area (Å²) in [4.78, 5) is 10.5. The number of hydrogen-bond donors (Lipinski definition) is 0. The second-order valence-corrected chi connectivity index (χ2v) is 14.2. The first kappa shape index (κ1) is 31.9. The third-order valence-electron chi connectivity index (χ3n) is 10.8. The quantitative estimate of drug-likeness (QED) is 0.172. The third-order valence-corrected chi connectivity index (χ3v) is 10.8. The molecule has 11 rings (SSSR count). The van der Waals surface area contributed by atoms with E-state index in [1.807, 2.05) is 24.3 Å². The minimum absolute atomic E-state index is 0.673. The van der Waals surface area contributed by atoms with Gasteiger partial charge in [-0.15, -0.1) is 0 Å². The summed E-state index contributed by atoms with van der Waals surface area (Å²) in [5.74, 6) is 0.673. The summed E-state index contributed by atoms with van der Waals surface area (Å²) in [5, 5.41) is 4.53. The van der Waals surface area contributed by atoms with Gasteiger partial charge in [0.25, 0.3) is 0 Å². The van der Waals surface area contributed by atoms with Crippen LogP contribution in [0.2, 0.25) is 0 Å². The topological polar surface area (TPSA) is 43.9 Å². The Kier molecular flexibility index (Phi) is 7.46. The van der Waals surface area contributed by atoms with E-state index in [1.54, 1.807) is 0 Å². The molecule has 0 saturated heterocycles. The third kappa shape index (κ3) is 5.39. The number of nitrogens with zero attached hydrogens (tertiary/aromatic N) is 3. The molecule has 0 aliphatic heterocycles. The highest BCUT2D eigenvalue weighted by Crippen LogP contribution is 2.41. The normalized spacial score (nSPS) is 11.6. The molecule has 0 atom stereocenters. The molecule has 3 aromatic heterocycles. The van der Waals surface area contributed by atoms with Crippen molar-refractivity contribution < 1.29 is 4.42 Å². The Labute approximate surface area is 323 Å². The van der Waals surface area contributed by atoms with Gasteiger partial charge < -0.3 is 8.98 Å². The van der Waals surface area contributed by atoms with Crippen molar-refractivity contribution in [3.05, 3.63) is 200 Å². The number of aromatic nitrogens is 3. The van der Waals surface area contributed by atoms with Crippen molar-refractivity contribution in [3.8, 4) is 61.8 Å². The van der Waals surface area contributed by atoms with Gasteiger partial charge in [-0.3, -0.25) is 0 Å². The highest BCUT2D eigenvalue weighted by Gasteiger charge is 2.20. The van der Waals surface area contributed by atoms with Crippen LogP contribution >= 0.6 is 0 Å². The van der Waals surface area contributed by atoms with Gasteiger partial charge in [0.1, 0.15) is 11.2 Å². The van der Waals surface area contributed by atoms with Crippen LogP contribution in [-0.2, 0) is 0 Å². The molecule has 262 valence electrons. The number of furan rings is 1. The molecule has 0 amide bonds. The van der Waals surface area contributed by atoms with Gasteiger partial charge >= 0.3 is 0 Å². The lowest BCUT2D eigenvalue weighted by molar-refractivity contribution is 0.670. The van der Waals surface area contributed by atoms with Gasteiger partial charge in [0.2, 0.25) is 0 Å². The number of fused-ring (bicyclic) bond motifs is 6. The van der Waals surface area contributed by atoms with Gasteiger partial charge in [-0.05, 0) is 59.2 Å². The van der Waals surface area contributed by atoms with Gasteiger partial charge in [-0.1, -0.05) is 158 Å². The first-order valence-electron chi connectivity index (χ1n) is 18.9. The van der Waals surface area contributed by atoms with E-state index in [1.165, 1.54) is 10.9 Å². The highest BCUT2D eigenvalue weighted by molar-refractivity contribution is 6.13. The Morgan fingerprint density at radius 3 is 1.75 bits per heavy atom. The molecular formula is C52H33N3O. The summed E-state index contributed by atoms with van der Waals surface area (Å²) in [6, 6.07) is 70.2. The zero-order valence-electron chi connectivity index (χ0n) is 30.3. The number of para-hydroxylation sites is 2. The Balaban J connectivity index is 1.15. The smallest absolute Gasteiger partial charge is 0.160 e. The lowest BCUT2D eigenvalue weighted by Gasteiger charge is -2.13. The number of benzene rings is 8. The Morgan fingerprint density at radius 2 is 0.964 bits per heavy atom. The van der Waals surface area contributed by atoms with Crippen molar-refractivity contribution in [2.45, 2.75) is 0 Å². The standard InChI is InChI=1S/C52H33N3O/c1-4-15-34(16-5-1)37-21-14-22-38(29-37)47-33-46(36-19-8-3-9-20-36)53-52(54-47)39-27-28-42-41-23-10-12-25-48(41)55(49(42)30-39)40-31-44(35-17-6-2-7-18-35)51-45(32-40)43-24-11-13-26-50(43)56-51/h1-33H. The minimum atomic E-state index is 0.673. The van der Waals surface area contributed by atoms with Crippen LogP contribution in [0.1, 0.15) is 0 Å². The Bertz CT molecular complexity index is 3240. The highest BCUT2D eigenvalue weighted by atomic mass is 16.3. The molecule has 0 spiro atoms. The largest absolute Gasteiger partial charge is 0.455 e. The fraction of sp³-hybridized carbons (Fsp3) is 0. The molecule has 4 heteroatoms. The Hall–Kier alpha value is -7.56. The first-order chi connectivity index (χ1) is 27.7. The lowest BCUT2D eigenvalue weighted by Crippen LogP contribution is -1.98. The van der Waals surface area contributed by atoms with E-state index >= 15 is 0 Å². The van der Waals surface area contributed by atoms with Crippen LogP contribution in [0.25, 0.3) is 106 Å². The molecule has 8 aromatic carbocycles. The monoisotopic (exact) mass is 715 g/mol. The van der Waals surface area contributed by atoms with E-state index < -0.39 is 0 Å². The minimum Gasteiger partial charge on any atom is -0.455 e.